The van der Waals surface area contributed by atoms with Crippen LogP contribution in [-0.4, -0.2) is 27.3 Å². The van der Waals surface area contributed by atoms with Gasteiger partial charge in [-0.05, 0) is 19.9 Å². The zero-order chi connectivity index (χ0) is 14.5. The maximum Gasteiger partial charge on any atom is 0.321 e. The Morgan fingerprint density at radius 1 is 1.40 bits per heavy atom. The normalized spacial score (nSPS) is 12.2. The molecule has 1 aromatic carbocycles. The molecule has 0 fully saturated rings. The van der Waals surface area contributed by atoms with E-state index < -0.39 is 17.7 Å². The highest BCUT2D eigenvalue weighted by Crippen LogP contribution is 2.26. The second-order valence-electron chi connectivity index (χ2n) is 4.18. The first kappa shape index (κ1) is 14.2. The Labute approximate surface area is 116 Å². The van der Waals surface area contributed by atoms with Crippen molar-refractivity contribution >= 4 is 5.97 Å². The molecule has 0 radical (unpaired) electrons. The Bertz CT molecular complexity index is 598. The van der Waals surface area contributed by atoms with E-state index in [1.807, 2.05) is 6.92 Å². The average Bonchev–Trinajstić information content (AvgIpc) is 2.90. The molecule has 20 heavy (non-hydrogen) atoms. The number of carbonyl (C=O) groups is 1. The van der Waals surface area contributed by atoms with Crippen molar-refractivity contribution in [2.75, 3.05) is 6.61 Å². The summed E-state index contributed by atoms with van der Waals surface area (Å²) in [5.41, 5.74) is 0.244. The van der Waals surface area contributed by atoms with Crippen LogP contribution in [0, 0.1) is 5.82 Å². The monoisotopic (exact) mass is 277 g/mol. The van der Waals surface area contributed by atoms with Crippen molar-refractivity contribution in [1.29, 1.82) is 0 Å². The maximum absolute atomic E-state index is 14.0. The van der Waals surface area contributed by atoms with Crippen molar-refractivity contribution in [3.8, 4) is 0 Å². The number of hydrogen-bond donors (Lipinski definition) is 0. The Morgan fingerprint density at radius 2 is 2.15 bits per heavy atom. The van der Waals surface area contributed by atoms with Gasteiger partial charge in [-0.1, -0.05) is 18.2 Å². The molecular formula is C14H16FN3O2. The van der Waals surface area contributed by atoms with Gasteiger partial charge in [0.1, 0.15) is 18.1 Å². The SMILES string of the molecule is CCOC(=O)C(c1ccccc1F)c1nncn1CC. The molecule has 106 valence electrons. The molecular weight excluding hydrogens is 261 g/mol. The number of aryl methyl sites for hydroxylation is 1. The molecule has 0 amide bonds. The Balaban J connectivity index is 2.51. The van der Waals surface area contributed by atoms with Crippen LogP contribution in [0.4, 0.5) is 4.39 Å². The van der Waals surface area contributed by atoms with E-state index in [0.29, 0.717) is 12.4 Å². The number of benzene rings is 1. The van der Waals surface area contributed by atoms with Gasteiger partial charge < -0.3 is 9.30 Å². The number of halogens is 1. The van der Waals surface area contributed by atoms with Gasteiger partial charge in [0.15, 0.2) is 5.82 Å². The smallest absolute Gasteiger partial charge is 0.321 e. The van der Waals surface area contributed by atoms with Crippen LogP contribution < -0.4 is 0 Å². The lowest BCUT2D eigenvalue weighted by atomic mass is 9.97. The zero-order valence-corrected chi connectivity index (χ0v) is 11.4. The van der Waals surface area contributed by atoms with Crippen LogP contribution in [0.1, 0.15) is 31.2 Å². The fraction of sp³-hybridized carbons (Fsp3) is 0.357. The highest BCUT2D eigenvalue weighted by Gasteiger charge is 2.31. The quantitative estimate of drug-likeness (QED) is 0.786. The molecule has 1 unspecified atom stereocenters. The van der Waals surface area contributed by atoms with Gasteiger partial charge in [0, 0.05) is 12.1 Å². The fourth-order valence-corrected chi connectivity index (χ4v) is 2.04. The van der Waals surface area contributed by atoms with Crippen molar-refractivity contribution in [3.05, 3.63) is 47.8 Å². The molecule has 6 heteroatoms. The third-order valence-corrected chi connectivity index (χ3v) is 2.98. The predicted octanol–water partition coefficient (Wildman–Crippen LogP) is 2.13. The third kappa shape index (κ3) is 2.68. The molecule has 0 N–H and O–H groups in total. The summed E-state index contributed by atoms with van der Waals surface area (Å²) in [6.45, 7) is 4.42. The standard InChI is InChI=1S/C14H16FN3O2/c1-3-18-9-16-17-13(18)12(14(19)20-4-2)10-7-5-6-8-11(10)15/h5-9,12H,3-4H2,1-2H3. The Hall–Kier alpha value is -2.24. The molecule has 2 aromatic rings. The summed E-state index contributed by atoms with van der Waals surface area (Å²) in [6.07, 6.45) is 1.52. The molecule has 0 spiro atoms. The van der Waals surface area contributed by atoms with E-state index in [-0.39, 0.29) is 12.2 Å². The van der Waals surface area contributed by atoms with Gasteiger partial charge in [0.2, 0.25) is 0 Å². The predicted molar refractivity (Wildman–Crippen MR) is 70.6 cm³/mol. The third-order valence-electron chi connectivity index (χ3n) is 2.98. The molecule has 0 aliphatic heterocycles. The molecule has 0 aliphatic rings. The molecule has 0 saturated heterocycles. The van der Waals surface area contributed by atoms with Gasteiger partial charge >= 0.3 is 5.97 Å². The number of esters is 1. The molecule has 0 aliphatic carbocycles. The van der Waals surface area contributed by atoms with Gasteiger partial charge in [-0.25, -0.2) is 4.39 Å². The molecule has 2 rings (SSSR count). The maximum atomic E-state index is 14.0. The lowest BCUT2D eigenvalue weighted by Gasteiger charge is -2.16. The lowest BCUT2D eigenvalue weighted by Crippen LogP contribution is -2.22. The first-order valence-corrected chi connectivity index (χ1v) is 6.47. The second kappa shape index (κ2) is 6.27. The van der Waals surface area contributed by atoms with Gasteiger partial charge in [0.05, 0.1) is 6.61 Å². The van der Waals surface area contributed by atoms with Gasteiger partial charge in [0.25, 0.3) is 0 Å². The minimum Gasteiger partial charge on any atom is -0.465 e. The molecule has 1 heterocycles. The minimum atomic E-state index is -0.904. The first-order chi connectivity index (χ1) is 9.69. The first-order valence-electron chi connectivity index (χ1n) is 6.47. The number of aromatic nitrogens is 3. The molecule has 5 nitrogen and oxygen atoms in total. The average molecular weight is 277 g/mol. The van der Waals surface area contributed by atoms with Crippen LogP contribution >= 0.6 is 0 Å². The molecule has 0 saturated carbocycles. The van der Waals surface area contributed by atoms with E-state index in [2.05, 4.69) is 10.2 Å². The van der Waals surface area contributed by atoms with Crippen LogP contribution in [-0.2, 0) is 16.1 Å². The van der Waals surface area contributed by atoms with Crippen molar-refractivity contribution < 1.29 is 13.9 Å². The van der Waals surface area contributed by atoms with E-state index in [0.717, 1.165) is 0 Å². The number of nitrogens with zero attached hydrogens (tertiary/aromatic N) is 3. The van der Waals surface area contributed by atoms with Crippen LogP contribution in [0.25, 0.3) is 0 Å². The topological polar surface area (TPSA) is 57.0 Å². The highest BCUT2D eigenvalue weighted by molar-refractivity contribution is 5.81. The number of rotatable bonds is 5. The summed E-state index contributed by atoms with van der Waals surface area (Å²) in [7, 11) is 0. The fourth-order valence-electron chi connectivity index (χ4n) is 2.04. The van der Waals surface area contributed by atoms with Crippen LogP contribution in [0.15, 0.2) is 30.6 Å². The number of carbonyl (C=O) groups excluding carboxylic acids is 1. The van der Waals surface area contributed by atoms with E-state index in [9.17, 15) is 9.18 Å². The summed E-state index contributed by atoms with van der Waals surface area (Å²) in [5.74, 6) is -1.51. The van der Waals surface area contributed by atoms with E-state index in [1.54, 1.807) is 29.7 Å². The van der Waals surface area contributed by atoms with Crippen molar-refractivity contribution in [1.82, 2.24) is 14.8 Å². The Morgan fingerprint density at radius 3 is 2.80 bits per heavy atom. The van der Waals surface area contributed by atoms with Gasteiger partial charge in [-0.15, -0.1) is 10.2 Å². The molecule has 1 aromatic heterocycles. The van der Waals surface area contributed by atoms with Gasteiger partial charge in [-0.3, -0.25) is 4.79 Å². The number of hydrogen-bond acceptors (Lipinski definition) is 4. The summed E-state index contributed by atoms with van der Waals surface area (Å²) in [5, 5.41) is 7.75. The largest absolute Gasteiger partial charge is 0.465 e. The highest BCUT2D eigenvalue weighted by atomic mass is 19.1. The lowest BCUT2D eigenvalue weighted by molar-refractivity contribution is -0.144. The summed E-state index contributed by atoms with van der Waals surface area (Å²) in [4.78, 5) is 12.2. The van der Waals surface area contributed by atoms with Crippen LogP contribution in [0.5, 0.6) is 0 Å². The summed E-state index contributed by atoms with van der Waals surface area (Å²) in [6, 6.07) is 6.13. The van der Waals surface area contributed by atoms with Crippen LogP contribution in [0.3, 0.4) is 0 Å². The number of ether oxygens (including phenoxy) is 1. The van der Waals surface area contributed by atoms with E-state index in [4.69, 9.17) is 4.74 Å². The van der Waals surface area contributed by atoms with Crippen molar-refractivity contribution in [3.63, 3.8) is 0 Å². The van der Waals surface area contributed by atoms with Gasteiger partial charge in [-0.2, -0.15) is 0 Å². The minimum absolute atomic E-state index is 0.226. The Kier molecular flexibility index (Phi) is 4.45. The molecule has 1 atom stereocenters. The van der Waals surface area contributed by atoms with Crippen LogP contribution in [0.2, 0.25) is 0 Å². The second-order valence-corrected chi connectivity index (χ2v) is 4.18. The van der Waals surface area contributed by atoms with Crippen molar-refractivity contribution in [2.24, 2.45) is 0 Å². The summed E-state index contributed by atoms with van der Waals surface area (Å²) >= 11 is 0. The van der Waals surface area contributed by atoms with E-state index >= 15 is 0 Å². The van der Waals surface area contributed by atoms with Crippen molar-refractivity contribution in [2.45, 2.75) is 26.3 Å². The molecule has 0 bridgehead atoms. The zero-order valence-electron chi connectivity index (χ0n) is 11.4. The summed E-state index contributed by atoms with van der Waals surface area (Å²) < 4.78 is 20.8. The van der Waals surface area contributed by atoms with E-state index in [1.165, 1.54) is 12.4 Å².